The van der Waals surface area contributed by atoms with Gasteiger partial charge in [0, 0.05) is 13.0 Å². The van der Waals surface area contributed by atoms with Crippen LogP contribution in [-0.4, -0.2) is 46.9 Å². The van der Waals surface area contributed by atoms with E-state index in [1.165, 1.54) is 4.90 Å². The Hall–Kier alpha value is -1.33. The number of piperidine rings is 1. The first-order valence-corrected chi connectivity index (χ1v) is 6.53. The van der Waals surface area contributed by atoms with Gasteiger partial charge in [-0.05, 0) is 39.5 Å². The molecule has 0 aliphatic carbocycles. The number of carbonyl (C=O) groups is 2. The molecule has 6 heteroatoms. The number of carboxylic acids is 1. The molecule has 1 aliphatic heterocycles. The first kappa shape index (κ1) is 15.7. The molecule has 1 rings (SSSR count). The SMILES string of the molecule is CC(C)(C)OC(=O)N1CC[C@H](CCC(=O)O)[C@H](F)C1. The Kier molecular flexibility index (Phi) is 5.14. The molecule has 1 N–H and O–H groups in total. The minimum absolute atomic E-state index is 0.0147. The van der Waals surface area contributed by atoms with Gasteiger partial charge in [-0.25, -0.2) is 9.18 Å². The highest BCUT2D eigenvalue weighted by atomic mass is 19.1. The number of amides is 1. The van der Waals surface area contributed by atoms with E-state index in [4.69, 9.17) is 9.84 Å². The van der Waals surface area contributed by atoms with Gasteiger partial charge in [0.05, 0.1) is 6.54 Å². The molecule has 1 amide bonds. The van der Waals surface area contributed by atoms with Crippen molar-refractivity contribution in [2.24, 2.45) is 5.92 Å². The summed E-state index contributed by atoms with van der Waals surface area (Å²) in [7, 11) is 0. The van der Waals surface area contributed by atoms with Crippen molar-refractivity contribution in [3.05, 3.63) is 0 Å². The Labute approximate surface area is 112 Å². The van der Waals surface area contributed by atoms with E-state index in [-0.39, 0.29) is 18.9 Å². The number of hydrogen-bond acceptors (Lipinski definition) is 3. The minimum Gasteiger partial charge on any atom is -0.481 e. The lowest BCUT2D eigenvalue weighted by Gasteiger charge is -2.35. The molecular formula is C13H22FNO4. The Morgan fingerprint density at radius 3 is 2.53 bits per heavy atom. The maximum Gasteiger partial charge on any atom is 0.410 e. The number of likely N-dealkylation sites (tertiary alicyclic amines) is 1. The van der Waals surface area contributed by atoms with E-state index in [0.29, 0.717) is 19.4 Å². The van der Waals surface area contributed by atoms with Crippen molar-refractivity contribution in [3.63, 3.8) is 0 Å². The van der Waals surface area contributed by atoms with Gasteiger partial charge in [0.25, 0.3) is 0 Å². The van der Waals surface area contributed by atoms with Gasteiger partial charge in [0.1, 0.15) is 11.8 Å². The highest BCUT2D eigenvalue weighted by Crippen LogP contribution is 2.26. The monoisotopic (exact) mass is 275 g/mol. The zero-order valence-electron chi connectivity index (χ0n) is 11.7. The van der Waals surface area contributed by atoms with Crippen LogP contribution in [0.1, 0.15) is 40.0 Å². The normalized spacial score (nSPS) is 24.1. The summed E-state index contributed by atoms with van der Waals surface area (Å²) in [6.45, 7) is 5.69. The lowest BCUT2D eigenvalue weighted by molar-refractivity contribution is -0.137. The number of carboxylic acid groups (broad SMARTS) is 1. The van der Waals surface area contributed by atoms with Crippen LogP contribution in [0.15, 0.2) is 0 Å². The molecule has 110 valence electrons. The summed E-state index contributed by atoms with van der Waals surface area (Å²) in [4.78, 5) is 23.6. The lowest BCUT2D eigenvalue weighted by Crippen LogP contribution is -2.46. The number of ether oxygens (including phenoxy) is 1. The summed E-state index contributed by atoms with van der Waals surface area (Å²) in [6, 6.07) is 0. The van der Waals surface area contributed by atoms with E-state index in [1.54, 1.807) is 20.8 Å². The Bertz CT molecular complexity index is 340. The van der Waals surface area contributed by atoms with Crippen molar-refractivity contribution in [2.45, 2.75) is 51.8 Å². The van der Waals surface area contributed by atoms with Crippen molar-refractivity contribution in [2.75, 3.05) is 13.1 Å². The van der Waals surface area contributed by atoms with E-state index in [1.807, 2.05) is 0 Å². The van der Waals surface area contributed by atoms with Crippen molar-refractivity contribution >= 4 is 12.1 Å². The van der Waals surface area contributed by atoms with Crippen molar-refractivity contribution < 1.29 is 23.8 Å². The third-order valence-corrected chi connectivity index (χ3v) is 3.06. The second-order valence-corrected chi connectivity index (χ2v) is 5.92. The van der Waals surface area contributed by atoms with Crippen LogP contribution in [0, 0.1) is 5.92 Å². The molecule has 2 atom stereocenters. The molecule has 1 saturated heterocycles. The molecule has 0 aromatic carbocycles. The standard InChI is InChI=1S/C13H22FNO4/c1-13(2,3)19-12(18)15-7-6-9(10(14)8-15)4-5-11(16)17/h9-10H,4-8H2,1-3H3,(H,16,17)/t9-,10+/m0/s1. The Morgan fingerprint density at radius 2 is 2.05 bits per heavy atom. The van der Waals surface area contributed by atoms with Gasteiger partial charge in [0.15, 0.2) is 0 Å². The second-order valence-electron chi connectivity index (χ2n) is 5.92. The van der Waals surface area contributed by atoms with Crippen LogP contribution in [-0.2, 0) is 9.53 Å². The fourth-order valence-electron chi connectivity index (χ4n) is 2.08. The third-order valence-electron chi connectivity index (χ3n) is 3.06. The van der Waals surface area contributed by atoms with Gasteiger partial charge in [-0.1, -0.05) is 0 Å². The van der Waals surface area contributed by atoms with Crippen LogP contribution in [0.3, 0.4) is 0 Å². The molecule has 1 heterocycles. The molecule has 0 spiro atoms. The maximum absolute atomic E-state index is 13.9. The molecule has 0 aromatic heterocycles. The van der Waals surface area contributed by atoms with Crippen LogP contribution >= 0.6 is 0 Å². The highest BCUT2D eigenvalue weighted by molar-refractivity contribution is 5.68. The molecule has 1 fully saturated rings. The zero-order chi connectivity index (χ0) is 14.6. The maximum atomic E-state index is 13.9. The third kappa shape index (κ3) is 5.44. The van der Waals surface area contributed by atoms with E-state index >= 15 is 0 Å². The topological polar surface area (TPSA) is 66.8 Å². The molecular weight excluding hydrogens is 253 g/mol. The van der Waals surface area contributed by atoms with Gasteiger partial charge in [-0.2, -0.15) is 0 Å². The van der Waals surface area contributed by atoms with Gasteiger partial charge >= 0.3 is 12.1 Å². The molecule has 0 bridgehead atoms. The number of hydrogen-bond donors (Lipinski definition) is 1. The molecule has 0 saturated carbocycles. The van der Waals surface area contributed by atoms with Gasteiger partial charge in [-0.3, -0.25) is 4.79 Å². The van der Waals surface area contributed by atoms with Crippen LogP contribution in [0.5, 0.6) is 0 Å². The summed E-state index contributed by atoms with van der Waals surface area (Å²) in [5.74, 6) is -1.20. The van der Waals surface area contributed by atoms with E-state index in [2.05, 4.69) is 0 Å². The molecule has 0 unspecified atom stereocenters. The average molecular weight is 275 g/mol. The number of halogens is 1. The molecule has 19 heavy (non-hydrogen) atoms. The van der Waals surface area contributed by atoms with Crippen molar-refractivity contribution in [1.29, 1.82) is 0 Å². The van der Waals surface area contributed by atoms with E-state index < -0.39 is 23.8 Å². The number of aliphatic carboxylic acids is 1. The quantitative estimate of drug-likeness (QED) is 0.859. The number of carbonyl (C=O) groups excluding carboxylic acids is 1. The number of alkyl halides is 1. The highest BCUT2D eigenvalue weighted by Gasteiger charge is 2.33. The second kappa shape index (κ2) is 6.21. The van der Waals surface area contributed by atoms with Gasteiger partial charge in [0.2, 0.25) is 0 Å². The van der Waals surface area contributed by atoms with Crippen LogP contribution < -0.4 is 0 Å². The van der Waals surface area contributed by atoms with E-state index in [9.17, 15) is 14.0 Å². The Morgan fingerprint density at radius 1 is 1.42 bits per heavy atom. The van der Waals surface area contributed by atoms with E-state index in [0.717, 1.165) is 0 Å². The van der Waals surface area contributed by atoms with Gasteiger partial charge < -0.3 is 14.7 Å². The largest absolute Gasteiger partial charge is 0.481 e. The van der Waals surface area contributed by atoms with Crippen LogP contribution in [0.2, 0.25) is 0 Å². The predicted molar refractivity (Wildman–Crippen MR) is 67.7 cm³/mol. The summed E-state index contributed by atoms with van der Waals surface area (Å²) < 4.78 is 19.1. The smallest absolute Gasteiger partial charge is 0.410 e. The van der Waals surface area contributed by atoms with Gasteiger partial charge in [-0.15, -0.1) is 0 Å². The Balaban J connectivity index is 2.44. The van der Waals surface area contributed by atoms with Crippen molar-refractivity contribution in [1.82, 2.24) is 4.90 Å². The summed E-state index contributed by atoms with van der Waals surface area (Å²) in [6.07, 6.45) is -0.920. The van der Waals surface area contributed by atoms with Crippen LogP contribution in [0.25, 0.3) is 0 Å². The minimum atomic E-state index is -1.18. The molecule has 5 nitrogen and oxygen atoms in total. The summed E-state index contributed by atoms with van der Waals surface area (Å²) in [5, 5.41) is 8.59. The molecule has 0 radical (unpaired) electrons. The number of rotatable bonds is 3. The predicted octanol–water partition coefficient (Wildman–Crippen LogP) is 2.45. The molecule has 1 aliphatic rings. The van der Waals surface area contributed by atoms with Crippen molar-refractivity contribution in [3.8, 4) is 0 Å². The number of nitrogens with zero attached hydrogens (tertiary/aromatic N) is 1. The average Bonchev–Trinajstić information content (AvgIpc) is 2.24. The van der Waals surface area contributed by atoms with Crippen LogP contribution in [0.4, 0.5) is 9.18 Å². The summed E-state index contributed by atoms with van der Waals surface area (Å²) >= 11 is 0. The summed E-state index contributed by atoms with van der Waals surface area (Å²) in [5.41, 5.74) is -0.594. The zero-order valence-corrected chi connectivity index (χ0v) is 11.7. The fourth-order valence-corrected chi connectivity index (χ4v) is 2.08. The first-order chi connectivity index (χ1) is 8.69. The first-order valence-electron chi connectivity index (χ1n) is 6.53. The molecule has 0 aromatic rings. The fraction of sp³-hybridized carbons (Fsp3) is 0.846. The lowest BCUT2D eigenvalue weighted by atomic mass is 9.91.